The third-order valence-electron chi connectivity index (χ3n) is 8.68. The molecule has 0 bridgehead atoms. The van der Waals surface area contributed by atoms with E-state index in [2.05, 4.69) is 25.7 Å². The highest BCUT2D eigenvalue weighted by Crippen LogP contribution is 2.35. The minimum atomic E-state index is -1.12. The van der Waals surface area contributed by atoms with E-state index in [0.717, 1.165) is 53.7 Å². The molecule has 0 aromatic heterocycles. The fourth-order valence-corrected chi connectivity index (χ4v) is 6.53. The first-order valence-electron chi connectivity index (χ1n) is 16.0. The van der Waals surface area contributed by atoms with E-state index in [4.69, 9.17) is 9.47 Å². The third-order valence-corrected chi connectivity index (χ3v) is 9.18. The lowest BCUT2D eigenvalue weighted by Gasteiger charge is -2.38. The highest BCUT2D eigenvalue weighted by Gasteiger charge is 2.39. The molecule has 1 N–H and O–H groups in total. The van der Waals surface area contributed by atoms with E-state index in [-0.39, 0.29) is 43.0 Å². The number of nitrogens with zero attached hydrogens (tertiary/aromatic N) is 4. The van der Waals surface area contributed by atoms with E-state index in [1.807, 2.05) is 56.3 Å². The van der Waals surface area contributed by atoms with Crippen molar-refractivity contribution in [1.29, 1.82) is 0 Å². The minimum absolute atomic E-state index is 0.0352. The molecule has 5 rings (SSSR count). The summed E-state index contributed by atoms with van der Waals surface area (Å²) in [7, 11) is 0. The maximum Gasteiger partial charge on any atom is 0.407 e. The van der Waals surface area contributed by atoms with Crippen molar-refractivity contribution in [3.05, 3.63) is 52.5 Å². The predicted molar refractivity (Wildman–Crippen MR) is 176 cm³/mol. The highest BCUT2D eigenvalue weighted by atomic mass is 79.9. The van der Waals surface area contributed by atoms with Crippen molar-refractivity contribution in [3.63, 3.8) is 0 Å². The van der Waals surface area contributed by atoms with E-state index in [1.54, 1.807) is 18.7 Å². The molecule has 10 nitrogen and oxygen atoms in total. The van der Waals surface area contributed by atoms with Crippen LogP contribution in [0.3, 0.4) is 0 Å². The van der Waals surface area contributed by atoms with Crippen molar-refractivity contribution in [1.82, 2.24) is 14.7 Å². The van der Waals surface area contributed by atoms with Crippen LogP contribution < -0.4 is 14.4 Å². The number of ether oxygens (including phenoxy) is 2. The molecule has 2 heterocycles. The number of anilines is 1. The zero-order valence-corrected chi connectivity index (χ0v) is 28.3. The number of benzene rings is 2. The Labute approximate surface area is 274 Å². The summed E-state index contributed by atoms with van der Waals surface area (Å²) in [5, 5.41) is 9.22. The lowest BCUT2D eigenvalue weighted by molar-refractivity contribution is -0.147. The highest BCUT2D eigenvalue weighted by molar-refractivity contribution is 9.10. The summed E-state index contributed by atoms with van der Waals surface area (Å²) in [6.07, 6.45) is 2.89. The molecule has 0 spiro atoms. The normalized spacial score (nSPS) is 19.0. The first kappa shape index (κ1) is 32.9. The Morgan fingerprint density at radius 2 is 1.71 bits per heavy atom. The zero-order valence-electron chi connectivity index (χ0n) is 26.7. The molecule has 1 saturated carbocycles. The lowest BCUT2D eigenvalue weighted by Crippen LogP contribution is -2.56. The number of hydrogen-bond acceptors (Lipinski definition) is 6. The molecule has 3 amide bonds. The SMILES string of the molecule is CC(C)Oc1cc(Br)ccc1CN(C(=O)[C@@H]1CCCN(c2cccc(OC(C)(C)C(=O)N3CCN(C(=O)O)CC3)c2)C1)C1CC1. The first-order valence-corrected chi connectivity index (χ1v) is 16.8. The van der Waals surface area contributed by atoms with Gasteiger partial charge in [-0.1, -0.05) is 28.1 Å². The molecule has 11 heteroatoms. The van der Waals surface area contributed by atoms with E-state index in [9.17, 15) is 19.5 Å². The Morgan fingerprint density at radius 1 is 1.00 bits per heavy atom. The van der Waals surface area contributed by atoms with Crippen molar-refractivity contribution in [3.8, 4) is 11.5 Å². The first-order chi connectivity index (χ1) is 21.4. The molecule has 1 aliphatic carbocycles. The van der Waals surface area contributed by atoms with Gasteiger partial charge in [0.15, 0.2) is 5.60 Å². The summed E-state index contributed by atoms with van der Waals surface area (Å²) in [6.45, 7) is 10.8. The predicted octanol–water partition coefficient (Wildman–Crippen LogP) is 5.62. The molecule has 0 unspecified atom stereocenters. The van der Waals surface area contributed by atoms with Crippen LogP contribution >= 0.6 is 15.9 Å². The Hall–Kier alpha value is -3.47. The van der Waals surface area contributed by atoms with Gasteiger partial charge in [0.1, 0.15) is 11.5 Å². The van der Waals surface area contributed by atoms with Gasteiger partial charge in [0.2, 0.25) is 5.91 Å². The van der Waals surface area contributed by atoms with Crippen molar-refractivity contribution >= 4 is 39.5 Å². The lowest BCUT2D eigenvalue weighted by atomic mass is 9.95. The van der Waals surface area contributed by atoms with Gasteiger partial charge in [-0.2, -0.15) is 0 Å². The fraction of sp³-hybridized carbons (Fsp3) is 0.559. The molecule has 2 aliphatic heterocycles. The van der Waals surface area contributed by atoms with Crippen LogP contribution in [-0.2, 0) is 16.1 Å². The Morgan fingerprint density at radius 3 is 2.38 bits per heavy atom. The summed E-state index contributed by atoms with van der Waals surface area (Å²) in [5.41, 5.74) is 0.854. The van der Waals surface area contributed by atoms with Crippen LogP contribution in [-0.4, -0.2) is 94.7 Å². The van der Waals surface area contributed by atoms with Crippen LogP contribution in [0.25, 0.3) is 0 Å². The van der Waals surface area contributed by atoms with E-state index in [1.165, 1.54) is 4.90 Å². The number of piperidine rings is 1. The van der Waals surface area contributed by atoms with Gasteiger partial charge in [-0.3, -0.25) is 9.59 Å². The number of carbonyl (C=O) groups is 3. The maximum absolute atomic E-state index is 14.0. The average molecular weight is 686 g/mol. The van der Waals surface area contributed by atoms with Gasteiger partial charge in [0.05, 0.1) is 12.0 Å². The van der Waals surface area contributed by atoms with Gasteiger partial charge < -0.3 is 34.2 Å². The number of hydrogen-bond donors (Lipinski definition) is 1. The van der Waals surface area contributed by atoms with Crippen LogP contribution in [0.1, 0.15) is 58.9 Å². The molecule has 3 aliphatic rings. The Bertz CT molecular complexity index is 1390. The second-order valence-electron chi connectivity index (χ2n) is 13.1. The Balaban J connectivity index is 1.24. The standard InChI is InChI=1S/C34H45BrN4O6/c1-23(2)44-30-19-26(35)11-10-24(30)22-39(27-12-13-27)31(40)25-7-6-14-38(21-25)28-8-5-9-29(20-28)45-34(3,4)32(41)36-15-17-37(18-16-36)33(42)43/h5,8-11,19-20,23,25,27H,6-7,12-18,21-22H2,1-4H3,(H,42,43)/t25-/m1/s1. The summed E-state index contributed by atoms with van der Waals surface area (Å²) in [4.78, 5) is 45.9. The van der Waals surface area contributed by atoms with Gasteiger partial charge in [-0.05, 0) is 77.6 Å². The smallest absolute Gasteiger partial charge is 0.407 e. The van der Waals surface area contributed by atoms with Gasteiger partial charge in [-0.25, -0.2) is 4.79 Å². The number of carboxylic acid groups (broad SMARTS) is 1. The summed E-state index contributed by atoms with van der Waals surface area (Å²) in [6, 6.07) is 14.0. The molecule has 3 fully saturated rings. The van der Waals surface area contributed by atoms with Crippen LogP contribution in [0.2, 0.25) is 0 Å². The van der Waals surface area contributed by atoms with E-state index >= 15 is 0 Å². The van der Waals surface area contributed by atoms with Crippen LogP contribution in [0, 0.1) is 5.92 Å². The van der Waals surface area contributed by atoms with Crippen LogP contribution in [0.4, 0.5) is 10.5 Å². The molecular weight excluding hydrogens is 640 g/mol. The zero-order chi connectivity index (χ0) is 32.3. The third kappa shape index (κ3) is 8.23. The van der Waals surface area contributed by atoms with Crippen LogP contribution in [0.5, 0.6) is 11.5 Å². The van der Waals surface area contributed by atoms with Gasteiger partial charge in [-0.15, -0.1) is 0 Å². The monoisotopic (exact) mass is 684 g/mol. The summed E-state index contributed by atoms with van der Waals surface area (Å²) in [5.74, 6) is 1.30. The molecule has 2 saturated heterocycles. The van der Waals surface area contributed by atoms with Crippen LogP contribution in [0.15, 0.2) is 46.9 Å². The van der Waals surface area contributed by atoms with Crippen molar-refractivity contribution in [2.45, 2.75) is 77.7 Å². The molecule has 0 radical (unpaired) electrons. The molecule has 45 heavy (non-hydrogen) atoms. The second kappa shape index (κ2) is 13.9. The number of amides is 3. The van der Waals surface area contributed by atoms with E-state index < -0.39 is 11.7 Å². The van der Waals surface area contributed by atoms with Gasteiger partial charge in [0, 0.05) is 73.6 Å². The van der Waals surface area contributed by atoms with Crippen molar-refractivity contribution < 1.29 is 29.0 Å². The number of carbonyl (C=O) groups excluding carboxylic acids is 2. The van der Waals surface area contributed by atoms with Gasteiger partial charge in [0.25, 0.3) is 5.91 Å². The van der Waals surface area contributed by atoms with Crippen molar-refractivity contribution in [2.24, 2.45) is 5.92 Å². The quantitative estimate of drug-likeness (QED) is 0.346. The fourth-order valence-electron chi connectivity index (χ4n) is 6.19. The minimum Gasteiger partial charge on any atom is -0.491 e. The Kier molecular flexibility index (Phi) is 10.2. The average Bonchev–Trinajstić information content (AvgIpc) is 3.85. The number of piperazine rings is 1. The second-order valence-corrected chi connectivity index (χ2v) is 14.0. The molecule has 244 valence electrons. The molecule has 2 aromatic carbocycles. The largest absolute Gasteiger partial charge is 0.491 e. The topological polar surface area (TPSA) is 103 Å². The molecular formula is C34H45BrN4O6. The molecule has 1 atom stereocenters. The summed E-state index contributed by atoms with van der Waals surface area (Å²) >= 11 is 3.55. The van der Waals surface area contributed by atoms with E-state index in [0.29, 0.717) is 31.9 Å². The molecule has 2 aromatic rings. The number of halogens is 1. The number of rotatable bonds is 10. The van der Waals surface area contributed by atoms with Gasteiger partial charge >= 0.3 is 6.09 Å². The maximum atomic E-state index is 14.0. The van der Waals surface area contributed by atoms with Crippen molar-refractivity contribution in [2.75, 3.05) is 44.2 Å². The summed E-state index contributed by atoms with van der Waals surface area (Å²) < 4.78 is 13.3.